The Labute approximate surface area is 116 Å². The van der Waals surface area contributed by atoms with Crippen LogP contribution in [0.15, 0.2) is 30.5 Å². The molecule has 5 heteroatoms. The van der Waals surface area contributed by atoms with E-state index >= 15 is 0 Å². The molecule has 5 nitrogen and oxygen atoms in total. The third-order valence-corrected chi connectivity index (χ3v) is 4.11. The molecule has 0 spiro atoms. The molecule has 1 aliphatic rings. The smallest absolute Gasteiger partial charge is 0.270 e. The highest BCUT2D eigenvalue weighted by Gasteiger charge is 2.23. The van der Waals surface area contributed by atoms with E-state index in [9.17, 15) is 14.9 Å². The first-order chi connectivity index (χ1) is 9.65. The van der Waals surface area contributed by atoms with Crippen molar-refractivity contribution >= 4 is 22.4 Å². The van der Waals surface area contributed by atoms with E-state index in [0.717, 1.165) is 43.1 Å². The first-order valence-corrected chi connectivity index (χ1v) is 6.91. The number of aryl methyl sites for hydroxylation is 1. The highest BCUT2D eigenvalue weighted by molar-refractivity contribution is 5.83. The molecule has 1 aromatic carbocycles. The molecule has 0 aliphatic heterocycles. The van der Waals surface area contributed by atoms with Crippen LogP contribution in [0, 0.1) is 16.0 Å². The summed E-state index contributed by atoms with van der Waals surface area (Å²) in [5.74, 6) is 0.586. The number of hydrogen-bond acceptors (Lipinski definition) is 3. The van der Waals surface area contributed by atoms with E-state index in [4.69, 9.17) is 0 Å². The molecule has 0 saturated heterocycles. The van der Waals surface area contributed by atoms with E-state index < -0.39 is 0 Å². The molecule has 1 fully saturated rings. The Kier molecular flexibility index (Phi) is 3.26. The zero-order valence-corrected chi connectivity index (χ0v) is 11.1. The first-order valence-electron chi connectivity index (χ1n) is 6.91. The SMILES string of the molecule is O=C1CCCC1CCn1ccc2cc([N+](=O)[O-])ccc21. The fourth-order valence-corrected chi connectivity index (χ4v) is 2.98. The van der Waals surface area contributed by atoms with E-state index in [1.807, 2.05) is 12.3 Å². The molecule has 1 heterocycles. The van der Waals surface area contributed by atoms with E-state index in [0.29, 0.717) is 5.78 Å². The van der Waals surface area contributed by atoms with E-state index in [1.165, 1.54) is 6.07 Å². The normalized spacial score (nSPS) is 18.8. The number of aromatic nitrogens is 1. The van der Waals surface area contributed by atoms with Crippen molar-refractivity contribution in [2.45, 2.75) is 32.2 Å². The van der Waals surface area contributed by atoms with Gasteiger partial charge < -0.3 is 4.57 Å². The van der Waals surface area contributed by atoms with Crippen molar-refractivity contribution in [3.05, 3.63) is 40.6 Å². The molecule has 20 heavy (non-hydrogen) atoms. The van der Waals surface area contributed by atoms with Gasteiger partial charge in [-0.1, -0.05) is 0 Å². The van der Waals surface area contributed by atoms with Crippen molar-refractivity contribution in [1.29, 1.82) is 0 Å². The number of carbonyl (C=O) groups is 1. The van der Waals surface area contributed by atoms with Gasteiger partial charge in [0.2, 0.25) is 0 Å². The topological polar surface area (TPSA) is 65.1 Å². The van der Waals surface area contributed by atoms with Gasteiger partial charge in [0.05, 0.1) is 4.92 Å². The van der Waals surface area contributed by atoms with Crippen molar-refractivity contribution in [3.8, 4) is 0 Å². The summed E-state index contributed by atoms with van der Waals surface area (Å²) in [4.78, 5) is 22.0. The summed E-state index contributed by atoms with van der Waals surface area (Å²) in [6.07, 6.45) is 5.54. The van der Waals surface area contributed by atoms with Gasteiger partial charge in [-0.05, 0) is 31.4 Å². The van der Waals surface area contributed by atoms with Crippen LogP contribution >= 0.6 is 0 Å². The van der Waals surface area contributed by atoms with Crippen LogP contribution in [0.2, 0.25) is 0 Å². The second-order valence-corrected chi connectivity index (χ2v) is 5.35. The average Bonchev–Trinajstić information content (AvgIpc) is 3.02. The highest BCUT2D eigenvalue weighted by atomic mass is 16.6. The van der Waals surface area contributed by atoms with Crippen LogP contribution in [0.1, 0.15) is 25.7 Å². The molecule has 2 aromatic rings. The largest absolute Gasteiger partial charge is 0.347 e. The van der Waals surface area contributed by atoms with Gasteiger partial charge in [0.25, 0.3) is 5.69 Å². The van der Waals surface area contributed by atoms with Gasteiger partial charge in [-0.3, -0.25) is 14.9 Å². The predicted molar refractivity (Wildman–Crippen MR) is 75.6 cm³/mol. The van der Waals surface area contributed by atoms with Crippen molar-refractivity contribution in [1.82, 2.24) is 4.57 Å². The third kappa shape index (κ3) is 2.31. The van der Waals surface area contributed by atoms with Crippen LogP contribution in [-0.4, -0.2) is 15.3 Å². The van der Waals surface area contributed by atoms with E-state index in [2.05, 4.69) is 4.57 Å². The Morgan fingerprint density at radius 2 is 2.20 bits per heavy atom. The zero-order chi connectivity index (χ0) is 14.1. The average molecular weight is 272 g/mol. The molecule has 0 amide bonds. The fraction of sp³-hybridized carbons (Fsp3) is 0.400. The number of non-ortho nitro benzene ring substituents is 1. The third-order valence-electron chi connectivity index (χ3n) is 4.11. The van der Waals surface area contributed by atoms with Crippen LogP contribution in [-0.2, 0) is 11.3 Å². The number of carbonyl (C=O) groups excluding carboxylic acids is 1. The van der Waals surface area contributed by atoms with E-state index in [1.54, 1.807) is 12.1 Å². The van der Waals surface area contributed by atoms with Crippen molar-refractivity contribution in [3.63, 3.8) is 0 Å². The summed E-state index contributed by atoms with van der Waals surface area (Å²) < 4.78 is 2.07. The minimum Gasteiger partial charge on any atom is -0.347 e. The van der Waals surface area contributed by atoms with Crippen molar-refractivity contribution < 1.29 is 9.72 Å². The number of ketones is 1. The van der Waals surface area contributed by atoms with Gasteiger partial charge in [-0.15, -0.1) is 0 Å². The maximum absolute atomic E-state index is 11.6. The minimum atomic E-state index is -0.381. The molecule has 0 radical (unpaired) electrons. The Morgan fingerprint density at radius 3 is 2.90 bits per heavy atom. The lowest BCUT2D eigenvalue weighted by atomic mass is 10.0. The van der Waals surface area contributed by atoms with E-state index in [-0.39, 0.29) is 16.5 Å². The molecule has 0 N–H and O–H groups in total. The molecule has 1 aliphatic carbocycles. The standard InChI is InChI=1S/C15H16N2O3/c18-15-3-1-2-11(15)6-8-16-9-7-12-10-13(17(19)20)4-5-14(12)16/h4-5,7,9-11H,1-3,6,8H2. The number of hydrogen-bond donors (Lipinski definition) is 0. The van der Waals surface area contributed by atoms with Crippen LogP contribution in [0.25, 0.3) is 10.9 Å². The van der Waals surface area contributed by atoms with Crippen LogP contribution in [0.4, 0.5) is 5.69 Å². The number of rotatable bonds is 4. The molecule has 1 unspecified atom stereocenters. The Hall–Kier alpha value is -2.17. The van der Waals surface area contributed by atoms with Gasteiger partial charge in [-0.25, -0.2) is 0 Å². The zero-order valence-electron chi connectivity index (χ0n) is 11.1. The molecule has 1 atom stereocenters. The maximum atomic E-state index is 11.6. The van der Waals surface area contributed by atoms with Gasteiger partial charge in [0.1, 0.15) is 5.78 Å². The number of nitro benzene ring substituents is 1. The lowest BCUT2D eigenvalue weighted by molar-refractivity contribution is -0.384. The number of Topliss-reactive ketones (excluding diaryl/α,β-unsaturated/α-hetero) is 1. The molecule has 1 saturated carbocycles. The molecule has 3 rings (SSSR count). The number of nitro groups is 1. The number of fused-ring (bicyclic) bond motifs is 1. The highest BCUT2D eigenvalue weighted by Crippen LogP contribution is 2.27. The summed E-state index contributed by atoms with van der Waals surface area (Å²) in [7, 11) is 0. The molecule has 1 aromatic heterocycles. The second kappa shape index (κ2) is 5.07. The number of benzene rings is 1. The monoisotopic (exact) mass is 272 g/mol. The number of nitrogens with zero attached hydrogens (tertiary/aromatic N) is 2. The Morgan fingerprint density at radius 1 is 1.35 bits per heavy atom. The quantitative estimate of drug-likeness (QED) is 0.633. The lowest BCUT2D eigenvalue weighted by Crippen LogP contribution is -2.09. The van der Waals surface area contributed by atoms with Crippen molar-refractivity contribution in [2.75, 3.05) is 0 Å². The fourth-order valence-electron chi connectivity index (χ4n) is 2.98. The van der Waals surface area contributed by atoms with Gasteiger partial charge in [0.15, 0.2) is 0 Å². The Balaban J connectivity index is 1.78. The molecular formula is C15H16N2O3. The Bertz CT molecular complexity index is 675. The lowest BCUT2D eigenvalue weighted by Gasteiger charge is -2.09. The molecular weight excluding hydrogens is 256 g/mol. The van der Waals surface area contributed by atoms with Crippen LogP contribution in [0.5, 0.6) is 0 Å². The summed E-state index contributed by atoms with van der Waals surface area (Å²) in [6.45, 7) is 0.789. The van der Waals surface area contributed by atoms with Gasteiger partial charge >= 0.3 is 0 Å². The van der Waals surface area contributed by atoms with Crippen LogP contribution < -0.4 is 0 Å². The summed E-state index contributed by atoms with van der Waals surface area (Å²) >= 11 is 0. The minimum absolute atomic E-state index is 0.112. The predicted octanol–water partition coefficient (Wildman–Crippen LogP) is 3.31. The molecule has 0 bridgehead atoms. The summed E-state index contributed by atoms with van der Waals surface area (Å²) in [5.41, 5.74) is 1.10. The van der Waals surface area contributed by atoms with Gasteiger partial charge in [-0.2, -0.15) is 0 Å². The second-order valence-electron chi connectivity index (χ2n) is 5.35. The molecule has 104 valence electrons. The summed E-state index contributed by atoms with van der Waals surface area (Å²) in [6, 6.07) is 6.79. The maximum Gasteiger partial charge on any atom is 0.270 e. The van der Waals surface area contributed by atoms with Crippen molar-refractivity contribution in [2.24, 2.45) is 5.92 Å². The van der Waals surface area contributed by atoms with Gasteiger partial charge in [0, 0.05) is 48.1 Å². The first kappa shape index (κ1) is 12.8. The summed E-state index contributed by atoms with van der Waals surface area (Å²) in [5, 5.41) is 11.6. The van der Waals surface area contributed by atoms with Crippen LogP contribution in [0.3, 0.4) is 0 Å².